The molecule has 0 saturated heterocycles. The zero-order valence-electron chi connectivity index (χ0n) is 7.82. The minimum atomic E-state index is -0.247. The van der Waals surface area contributed by atoms with Crippen LogP contribution in [-0.2, 0) is 0 Å². The van der Waals surface area contributed by atoms with Crippen LogP contribution in [0, 0.1) is 17.8 Å². The summed E-state index contributed by atoms with van der Waals surface area (Å²) in [6.45, 7) is 0. The fraction of sp³-hybridized carbons (Fsp3) is 0.636. The van der Waals surface area contributed by atoms with Gasteiger partial charge in [-0.05, 0) is 42.7 Å². The topological polar surface area (TPSA) is 20.2 Å². The van der Waals surface area contributed by atoms with E-state index in [9.17, 15) is 5.11 Å². The summed E-state index contributed by atoms with van der Waals surface area (Å²) in [5.41, 5.74) is 0. The molecule has 1 N–H and O–H groups in total. The number of fused-ring (bicyclic) bond motifs is 1. The Labute approximate surface area is 92.7 Å². The lowest BCUT2D eigenvalue weighted by molar-refractivity contribution is 0.141. The van der Waals surface area contributed by atoms with Gasteiger partial charge < -0.3 is 5.11 Å². The summed E-state index contributed by atoms with van der Waals surface area (Å²) in [7, 11) is 0. The molecule has 3 rings (SSSR count). The van der Waals surface area contributed by atoms with Crippen LogP contribution in [-0.4, -0.2) is 5.11 Å². The van der Waals surface area contributed by atoms with Crippen LogP contribution in [0.5, 0.6) is 0 Å². The van der Waals surface area contributed by atoms with E-state index >= 15 is 0 Å². The van der Waals surface area contributed by atoms with Gasteiger partial charge in [0.1, 0.15) is 0 Å². The normalized spacial score (nSPS) is 36.9. The Kier molecular flexibility index (Phi) is 2.12. The van der Waals surface area contributed by atoms with Gasteiger partial charge in [-0.15, -0.1) is 11.3 Å². The highest BCUT2D eigenvalue weighted by molar-refractivity contribution is 7.16. The first-order valence-corrected chi connectivity index (χ1v) is 6.40. The van der Waals surface area contributed by atoms with Crippen molar-refractivity contribution in [2.45, 2.75) is 25.4 Å². The number of aliphatic hydroxyl groups is 1. The van der Waals surface area contributed by atoms with Crippen molar-refractivity contribution in [1.29, 1.82) is 0 Å². The van der Waals surface area contributed by atoms with Gasteiger partial charge in [-0.1, -0.05) is 18.0 Å². The van der Waals surface area contributed by atoms with Crippen LogP contribution >= 0.6 is 22.9 Å². The fourth-order valence-electron chi connectivity index (χ4n) is 3.02. The summed E-state index contributed by atoms with van der Waals surface area (Å²) in [6.07, 6.45) is 3.77. The fourth-order valence-corrected chi connectivity index (χ4v) is 4.13. The van der Waals surface area contributed by atoms with E-state index < -0.39 is 0 Å². The van der Waals surface area contributed by atoms with Crippen molar-refractivity contribution in [2.75, 3.05) is 0 Å². The van der Waals surface area contributed by atoms with Gasteiger partial charge in [-0.3, -0.25) is 0 Å². The Morgan fingerprint density at radius 3 is 2.64 bits per heavy atom. The first-order chi connectivity index (χ1) is 6.77. The number of hydrogen-bond acceptors (Lipinski definition) is 2. The highest BCUT2D eigenvalue weighted by atomic mass is 35.5. The SMILES string of the molecule is OC(c1ccc(Cl)s1)C1C2CCCC21. The maximum Gasteiger partial charge on any atom is 0.0932 e. The third-order valence-electron chi connectivity index (χ3n) is 3.72. The summed E-state index contributed by atoms with van der Waals surface area (Å²) < 4.78 is 0.782. The Hall–Kier alpha value is -0.0500. The molecule has 2 aliphatic carbocycles. The van der Waals surface area contributed by atoms with E-state index in [1.807, 2.05) is 12.1 Å². The summed E-state index contributed by atoms with van der Waals surface area (Å²) in [4.78, 5) is 1.05. The van der Waals surface area contributed by atoms with Crippen LogP contribution in [0.15, 0.2) is 12.1 Å². The second-order valence-electron chi connectivity index (χ2n) is 4.42. The number of aliphatic hydroxyl groups excluding tert-OH is 1. The predicted molar refractivity (Wildman–Crippen MR) is 58.6 cm³/mol. The molecular formula is C11H13ClOS. The van der Waals surface area contributed by atoms with Crippen molar-refractivity contribution in [3.8, 4) is 0 Å². The van der Waals surface area contributed by atoms with Gasteiger partial charge in [0.05, 0.1) is 10.4 Å². The average Bonchev–Trinajstić information content (AvgIpc) is 2.56. The van der Waals surface area contributed by atoms with Crippen molar-refractivity contribution in [3.05, 3.63) is 21.3 Å². The summed E-state index contributed by atoms with van der Waals surface area (Å²) in [5, 5.41) is 10.1. The van der Waals surface area contributed by atoms with Crippen LogP contribution < -0.4 is 0 Å². The zero-order valence-corrected chi connectivity index (χ0v) is 9.39. The quantitative estimate of drug-likeness (QED) is 0.822. The molecule has 3 atom stereocenters. The minimum absolute atomic E-state index is 0.247. The predicted octanol–water partition coefficient (Wildman–Crippen LogP) is 3.48. The second kappa shape index (κ2) is 3.22. The summed E-state index contributed by atoms with van der Waals surface area (Å²) >= 11 is 7.38. The number of hydrogen-bond donors (Lipinski definition) is 1. The van der Waals surface area contributed by atoms with Gasteiger partial charge >= 0.3 is 0 Å². The van der Waals surface area contributed by atoms with Crippen LogP contribution in [0.4, 0.5) is 0 Å². The van der Waals surface area contributed by atoms with Crippen LogP contribution in [0.1, 0.15) is 30.2 Å². The molecule has 1 heterocycles. The number of thiophene rings is 1. The van der Waals surface area contributed by atoms with Crippen LogP contribution in [0.2, 0.25) is 4.34 Å². The lowest BCUT2D eigenvalue weighted by atomic mass is 10.1. The molecule has 0 amide bonds. The average molecular weight is 229 g/mol. The van der Waals surface area contributed by atoms with E-state index in [1.54, 1.807) is 0 Å². The highest BCUT2D eigenvalue weighted by Crippen LogP contribution is 2.62. The van der Waals surface area contributed by atoms with E-state index in [1.165, 1.54) is 30.6 Å². The van der Waals surface area contributed by atoms with E-state index in [-0.39, 0.29) is 6.10 Å². The molecule has 3 unspecified atom stereocenters. The summed E-state index contributed by atoms with van der Waals surface area (Å²) in [5.74, 6) is 2.16. The molecule has 0 aromatic carbocycles. The Morgan fingerprint density at radius 1 is 1.36 bits per heavy atom. The van der Waals surface area contributed by atoms with Crippen molar-refractivity contribution in [2.24, 2.45) is 17.8 Å². The lowest BCUT2D eigenvalue weighted by Crippen LogP contribution is -2.01. The van der Waals surface area contributed by atoms with Gasteiger partial charge in [-0.25, -0.2) is 0 Å². The van der Waals surface area contributed by atoms with Crippen molar-refractivity contribution >= 4 is 22.9 Å². The van der Waals surface area contributed by atoms with E-state index in [4.69, 9.17) is 11.6 Å². The Morgan fingerprint density at radius 2 is 2.07 bits per heavy atom. The van der Waals surface area contributed by atoms with E-state index in [0.717, 1.165) is 21.0 Å². The molecule has 14 heavy (non-hydrogen) atoms. The molecule has 0 spiro atoms. The molecule has 0 bridgehead atoms. The largest absolute Gasteiger partial charge is 0.387 e. The molecule has 1 aromatic heterocycles. The Bertz CT molecular complexity index is 339. The van der Waals surface area contributed by atoms with Gasteiger partial charge in [-0.2, -0.15) is 0 Å². The lowest BCUT2D eigenvalue weighted by Gasteiger charge is -2.09. The second-order valence-corrected chi connectivity index (χ2v) is 6.17. The smallest absolute Gasteiger partial charge is 0.0932 e. The van der Waals surface area contributed by atoms with E-state index in [2.05, 4.69) is 0 Å². The molecule has 3 heteroatoms. The standard InChI is InChI=1S/C11H13ClOS/c12-9-5-4-8(14-9)11(13)10-6-2-1-3-7(6)10/h4-7,10-11,13H,1-3H2. The molecule has 2 fully saturated rings. The first kappa shape index (κ1) is 9.20. The molecule has 0 aliphatic heterocycles. The van der Waals surface area contributed by atoms with Crippen molar-refractivity contribution < 1.29 is 5.11 Å². The van der Waals surface area contributed by atoms with Crippen molar-refractivity contribution in [3.63, 3.8) is 0 Å². The van der Waals surface area contributed by atoms with Gasteiger partial charge in [0.2, 0.25) is 0 Å². The molecule has 1 nitrogen and oxygen atoms in total. The maximum atomic E-state index is 10.1. The maximum absolute atomic E-state index is 10.1. The molecule has 0 radical (unpaired) electrons. The van der Waals surface area contributed by atoms with Crippen LogP contribution in [0.3, 0.4) is 0 Å². The zero-order chi connectivity index (χ0) is 9.71. The van der Waals surface area contributed by atoms with E-state index in [0.29, 0.717) is 5.92 Å². The van der Waals surface area contributed by atoms with Gasteiger partial charge in [0.15, 0.2) is 0 Å². The van der Waals surface area contributed by atoms with Crippen molar-refractivity contribution in [1.82, 2.24) is 0 Å². The van der Waals surface area contributed by atoms with Gasteiger partial charge in [0, 0.05) is 4.88 Å². The third kappa shape index (κ3) is 1.32. The number of rotatable bonds is 2. The molecule has 2 saturated carbocycles. The molecule has 1 aromatic rings. The Balaban J connectivity index is 1.75. The van der Waals surface area contributed by atoms with Gasteiger partial charge in [0.25, 0.3) is 0 Å². The van der Waals surface area contributed by atoms with Crippen LogP contribution in [0.25, 0.3) is 0 Å². The minimum Gasteiger partial charge on any atom is -0.387 e. The third-order valence-corrected chi connectivity index (χ3v) is 5.02. The number of halogens is 1. The summed E-state index contributed by atoms with van der Waals surface area (Å²) in [6, 6.07) is 3.84. The molecule has 76 valence electrons. The molecular weight excluding hydrogens is 216 g/mol. The highest BCUT2D eigenvalue weighted by Gasteiger charge is 2.56. The molecule has 2 aliphatic rings. The first-order valence-electron chi connectivity index (χ1n) is 5.20. The monoisotopic (exact) mass is 228 g/mol.